The van der Waals surface area contributed by atoms with Gasteiger partial charge in [0.15, 0.2) is 0 Å². The zero-order chi connectivity index (χ0) is 20.6. The van der Waals surface area contributed by atoms with E-state index in [1.807, 2.05) is 6.07 Å². The Morgan fingerprint density at radius 2 is 1.69 bits per heavy atom. The highest BCUT2D eigenvalue weighted by Crippen LogP contribution is 2.09. The largest absolute Gasteiger partial charge is 0.461 e. The van der Waals surface area contributed by atoms with Crippen molar-refractivity contribution >= 4 is 34.9 Å². The summed E-state index contributed by atoms with van der Waals surface area (Å²) < 4.78 is 6.09. The number of hydrogen-bond acceptors (Lipinski definition) is 6. The quantitative estimate of drug-likeness (QED) is 0.499. The number of esters is 1. The van der Waals surface area contributed by atoms with Crippen LogP contribution in [0.3, 0.4) is 0 Å². The number of rotatable bonds is 5. The van der Waals surface area contributed by atoms with E-state index in [-0.39, 0.29) is 17.1 Å². The van der Waals surface area contributed by atoms with E-state index >= 15 is 0 Å². The van der Waals surface area contributed by atoms with Crippen molar-refractivity contribution in [2.45, 2.75) is 6.92 Å². The van der Waals surface area contributed by atoms with Crippen molar-refractivity contribution in [1.82, 2.24) is 9.99 Å². The third kappa shape index (κ3) is 4.96. The lowest BCUT2D eigenvalue weighted by atomic mass is 10.2. The molecule has 0 aliphatic heterocycles. The Bertz CT molecular complexity index is 1070. The Morgan fingerprint density at radius 3 is 2.34 bits per heavy atom. The van der Waals surface area contributed by atoms with Gasteiger partial charge in [-0.25, -0.2) is 19.6 Å². The van der Waals surface area contributed by atoms with E-state index in [1.54, 1.807) is 61.5 Å². The zero-order valence-corrected chi connectivity index (χ0v) is 16.3. The average Bonchev–Trinajstić information content (AvgIpc) is 3.18. The minimum Gasteiger partial charge on any atom is -0.461 e. The Kier molecular flexibility index (Phi) is 6.54. The Balaban J connectivity index is 1.93. The van der Waals surface area contributed by atoms with Gasteiger partial charge in [-0.2, -0.15) is 0 Å². The van der Waals surface area contributed by atoms with Crippen LogP contribution < -0.4 is 15.5 Å². The summed E-state index contributed by atoms with van der Waals surface area (Å²) in [7, 11) is 0. The minimum atomic E-state index is -0.664. The van der Waals surface area contributed by atoms with Gasteiger partial charge in [0.05, 0.1) is 6.61 Å². The van der Waals surface area contributed by atoms with Crippen molar-refractivity contribution in [2.75, 3.05) is 11.9 Å². The summed E-state index contributed by atoms with van der Waals surface area (Å²) in [6.45, 7) is 1.83. The summed E-state index contributed by atoms with van der Waals surface area (Å²) in [4.78, 5) is 37.4. The molecule has 0 fully saturated rings. The Morgan fingerprint density at radius 1 is 1.03 bits per heavy atom. The fraction of sp³-hybridized carbons (Fsp3) is 0.100. The van der Waals surface area contributed by atoms with Gasteiger partial charge in [0.2, 0.25) is 4.80 Å². The van der Waals surface area contributed by atoms with E-state index in [2.05, 4.69) is 15.8 Å². The molecule has 0 bridgehead atoms. The number of nitrogens with one attached hydrogen (secondary N) is 2. The van der Waals surface area contributed by atoms with Crippen LogP contribution in [0, 0.1) is 0 Å². The van der Waals surface area contributed by atoms with Gasteiger partial charge < -0.3 is 10.1 Å². The monoisotopic (exact) mass is 410 g/mol. The highest BCUT2D eigenvalue weighted by Gasteiger charge is 2.20. The topological polar surface area (TPSA) is 102 Å². The van der Waals surface area contributed by atoms with Gasteiger partial charge in [-0.3, -0.25) is 4.79 Å². The van der Waals surface area contributed by atoms with Gasteiger partial charge in [-0.05, 0) is 31.2 Å². The molecule has 29 heavy (non-hydrogen) atoms. The molecule has 0 unspecified atom stereocenters. The number of benzene rings is 2. The van der Waals surface area contributed by atoms with Crippen LogP contribution in [0.4, 0.5) is 10.5 Å². The predicted octanol–water partition coefficient (Wildman–Crippen LogP) is 3.05. The summed E-state index contributed by atoms with van der Waals surface area (Å²) in [5, 5.41) is 8.17. The molecule has 8 nitrogen and oxygen atoms in total. The first-order valence-corrected chi connectivity index (χ1v) is 9.61. The van der Waals surface area contributed by atoms with Crippen molar-refractivity contribution in [3.05, 3.63) is 82.1 Å². The summed E-state index contributed by atoms with van der Waals surface area (Å²) in [5.74, 6) is -1.10. The van der Waals surface area contributed by atoms with Crippen LogP contribution in [-0.2, 0) is 4.74 Å². The molecule has 2 N–H and O–H groups in total. The number of hydrogen-bond donors (Lipinski definition) is 2. The van der Waals surface area contributed by atoms with E-state index in [0.717, 1.165) is 15.9 Å². The molecule has 0 saturated heterocycles. The van der Waals surface area contributed by atoms with Gasteiger partial charge in [-0.15, -0.1) is 16.4 Å². The second-order valence-electron chi connectivity index (χ2n) is 5.67. The number of para-hydroxylation sites is 1. The van der Waals surface area contributed by atoms with Gasteiger partial charge >= 0.3 is 12.0 Å². The zero-order valence-electron chi connectivity index (χ0n) is 15.5. The van der Waals surface area contributed by atoms with Gasteiger partial charge in [-0.1, -0.05) is 36.4 Å². The van der Waals surface area contributed by atoms with Crippen molar-refractivity contribution in [3.8, 4) is 0 Å². The van der Waals surface area contributed by atoms with Gasteiger partial charge in [0.25, 0.3) is 5.91 Å². The van der Waals surface area contributed by atoms with Crippen LogP contribution in [-0.4, -0.2) is 29.1 Å². The molecule has 148 valence electrons. The highest BCUT2D eigenvalue weighted by atomic mass is 32.1. The lowest BCUT2D eigenvalue weighted by Gasteiger charge is -2.09. The SMILES string of the molecule is CCOC(=O)c1cs/c(=N/NC(=O)c2ccccc2)n1C(=O)Nc1ccccc1. The number of ether oxygens (including phenoxy) is 1. The number of anilines is 1. The van der Waals surface area contributed by atoms with E-state index < -0.39 is 17.9 Å². The average molecular weight is 410 g/mol. The number of aromatic nitrogens is 1. The van der Waals surface area contributed by atoms with Crippen molar-refractivity contribution in [2.24, 2.45) is 5.10 Å². The summed E-state index contributed by atoms with van der Waals surface area (Å²) in [6.07, 6.45) is 0. The lowest BCUT2D eigenvalue weighted by Crippen LogP contribution is -2.33. The van der Waals surface area contributed by atoms with Gasteiger partial charge in [0.1, 0.15) is 5.69 Å². The number of thiazole rings is 1. The summed E-state index contributed by atoms with van der Waals surface area (Å²) in [5.41, 5.74) is 3.38. The lowest BCUT2D eigenvalue weighted by molar-refractivity contribution is 0.0515. The maximum absolute atomic E-state index is 12.8. The number of amides is 2. The third-order valence-electron chi connectivity index (χ3n) is 3.71. The molecule has 2 amide bonds. The molecule has 0 saturated carbocycles. The number of nitrogens with zero attached hydrogens (tertiary/aromatic N) is 2. The molecule has 0 aliphatic carbocycles. The maximum Gasteiger partial charge on any atom is 0.356 e. The summed E-state index contributed by atoms with van der Waals surface area (Å²) in [6, 6.07) is 16.7. The van der Waals surface area contributed by atoms with Crippen LogP contribution in [0.1, 0.15) is 27.8 Å². The molecule has 1 heterocycles. The molecule has 3 aromatic rings. The second-order valence-corrected chi connectivity index (χ2v) is 6.51. The van der Waals surface area contributed by atoms with Crippen LogP contribution in [0.15, 0.2) is 71.1 Å². The van der Waals surface area contributed by atoms with Crippen molar-refractivity contribution < 1.29 is 19.1 Å². The molecule has 1 aromatic heterocycles. The molecule has 0 spiro atoms. The van der Waals surface area contributed by atoms with Crippen molar-refractivity contribution in [3.63, 3.8) is 0 Å². The van der Waals surface area contributed by atoms with E-state index in [0.29, 0.717) is 11.3 Å². The molecule has 0 aliphatic rings. The smallest absolute Gasteiger partial charge is 0.356 e. The predicted molar refractivity (Wildman–Crippen MR) is 109 cm³/mol. The second kappa shape index (κ2) is 9.47. The van der Waals surface area contributed by atoms with Crippen LogP contribution in [0.25, 0.3) is 0 Å². The molecule has 9 heteroatoms. The van der Waals surface area contributed by atoms with Crippen LogP contribution >= 0.6 is 11.3 Å². The standard InChI is InChI=1S/C20H18N4O4S/c1-2-28-18(26)16-13-29-20(23-22-17(25)14-9-5-3-6-10-14)24(16)19(27)21-15-11-7-4-8-12-15/h3-13H,2H2,1H3,(H,21,27)(H,22,25)/b23-20+. The summed E-state index contributed by atoms with van der Waals surface area (Å²) >= 11 is 1.03. The molecular formula is C20H18N4O4S. The normalized spacial score (nSPS) is 11.0. The van der Waals surface area contributed by atoms with E-state index in [4.69, 9.17) is 4.74 Å². The number of carbonyl (C=O) groups excluding carboxylic acids is 3. The molecule has 3 rings (SSSR count). The minimum absolute atomic E-state index is 0.0120. The molecule has 0 atom stereocenters. The molecular weight excluding hydrogens is 392 g/mol. The van der Waals surface area contributed by atoms with E-state index in [9.17, 15) is 14.4 Å². The molecule has 2 aromatic carbocycles. The highest BCUT2D eigenvalue weighted by molar-refractivity contribution is 7.07. The third-order valence-corrected chi connectivity index (χ3v) is 4.54. The van der Waals surface area contributed by atoms with Crippen LogP contribution in [0.5, 0.6) is 0 Å². The fourth-order valence-electron chi connectivity index (χ4n) is 2.39. The van der Waals surface area contributed by atoms with Crippen molar-refractivity contribution in [1.29, 1.82) is 0 Å². The first-order valence-electron chi connectivity index (χ1n) is 8.73. The first-order chi connectivity index (χ1) is 14.1. The molecule has 0 radical (unpaired) electrons. The first kappa shape index (κ1) is 20.0. The number of carbonyl (C=O) groups is 3. The Labute approximate surface area is 170 Å². The van der Waals surface area contributed by atoms with Crippen LogP contribution in [0.2, 0.25) is 0 Å². The van der Waals surface area contributed by atoms with Gasteiger partial charge in [0, 0.05) is 16.6 Å². The Hall–Kier alpha value is -3.72. The maximum atomic E-state index is 12.8. The van der Waals surface area contributed by atoms with E-state index in [1.165, 1.54) is 5.38 Å². The fourth-order valence-corrected chi connectivity index (χ4v) is 3.19.